The van der Waals surface area contributed by atoms with Crippen LogP contribution >= 0.6 is 0 Å². The molecule has 0 saturated carbocycles. The number of nitrogens with zero attached hydrogens (tertiary/aromatic N) is 6. The molecule has 0 unspecified atom stereocenters. The number of pyridine rings is 1. The lowest BCUT2D eigenvalue weighted by Crippen LogP contribution is -2.20. The summed E-state index contributed by atoms with van der Waals surface area (Å²) in [5.41, 5.74) is 5.65. The second-order valence-corrected chi connectivity index (χ2v) is 9.82. The minimum Gasteiger partial charge on any atom is -0.303 e. The first-order chi connectivity index (χ1) is 16.7. The fraction of sp³-hybridized carbons (Fsp3) is 0.464. The standard InChI is InChI=1S/C28H36N6/c1-3-22(2)20-33-21-25(19-29-33)26-9-6-10-28-30-27(31-34(26)28)18-24-13-11-23(12-14-24)8-7-17-32-15-4-5-16-32/h6,9-14,19,21-22H,3-5,7-8,15-18,20H2,1-2H3/t22-/m0/s1. The van der Waals surface area contributed by atoms with E-state index >= 15 is 0 Å². The van der Waals surface area contributed by atoms with Gasteiger partial charge >= 0.3 is 0 Å². The average Bonchev–Trinajstić information content (AvgIpc) is 3.61. The quantitative estimate of drug-likeness (QED) is 0.327. The lowest BCUT2D eigenvalue weighted by molar-refractivity contribution is 0.334. The number of likely N-dealkylation sites (tertiary alicyclic amines) is 1. The van der Waals surface area contributed by atoms with E-state index in [2.05, 4.69) is 60.4 Å². The van der Waals surface area contributed by atoms with Gasteiger partial charge in [-0.05, 0) is 74.5 Å². The molecule has 0 amide bonds. The van der Waals surface area contributed by atoms with E-state index in [0.717, 1.165) is 48.5 Å². The fourth-order valence-corrected chi connectivity index (χ4v) is 4.81. The van der Waals surface area contributed by atoms with Crippen molar-refractivity contribution in [1.82, 2.24) is 29.3 Å². The summed E-state index contributed by atoms with van der Waals surface area (Å²) >= 11 is 0. The van der Waals surface area contributed by atoms with Crippen LogP contribution in [0.1, 0.15) is 56.5 Å². The van der Waals surface area contributed by atoms with Crippen molar-refractivity contribution in [3.8, 4) is 11.3 Å². The molecule has 178 valence electrons. The molecule has 1 saturated heterocycles. The predicted octanol–water partition coefficient (Wildman–Crippen LogP) is 5.26. The molecule has 6 heteroatoms. The lowest BCUT2D eigenvalue weighted by Gasteiger charge is -2.13. The monoisotopic (exact) mass is 456 g/mol. The first-order valence-electron chi connectivity index (χ1n) is 12.9. The highest BCUT2D eigenvalue weighted by atomic mass is 15.3. The van der Waals surface area contributed by atoms with Crippen LogP contribution in [0, 0.1) is 5.92 Å². The van der Waals surface area contributed by atoms with Crippen LogP contribution in [0.4, 0.5) is 0 Å². The summed E-state index contributed by atoms with van der Waals surface area (Å²) in [6.45, 7) is 9.21. The smallest absolute Gasteiger partial charge is 0.156 e. The molecule has 1 atom stereocenters. The molecule has 34 heavy (non-hydrogen) atoms. The van der Waals surface area contributed by atoms with Gasteiger partial charge in [-0.15, -0.1) is 0 Å². The number of fused-ring (bicyclic) bond motifs is 1. The van der Waals surface area contributed by atoms with E-state index in [1.807, 2.05) is 27.5 Å². The molecule has 1 aliphatic heterocycles. The summed E-state index contributed by atoms with van der Waals surface area (Å²) in [5, 5.41) is 9.42. The molecule has 0 N–H and O–H groups in total. The van der Waals surface area contributed by atoms with Crippen molar-refractivity contribution in [3.63, 3.8) is 0 Å². The Balaban J connectivity index is 1.25. The zero-order chi connectivity index (χ0) is 23.3. The predicted molar refractivity (Wildman–Crippen MR) is 137 cm³/mol. The molecule has 1 aliphatic rings. The Morgan fingerprint density at radius 3 is 2.59 bits per heavy atom. The Bertz CT molecular complexity index is 1200. The number of hydrogen-bond acceptors (Lipinski definition) is 4. The third kappa shape index (κ3) is 5.39. The van der Waals surface area contributed by atoms with E-state index in [1.165, 1.54) is 50.0 Å². The number of aryl methyl sites for hydroxylation is 1. The molecule has 4 heterocycles. The van der Waals surface area contributed by atoms with Crippen LogP contribution in [0.15, 0.2) is 54.9 Å². The largest absolute Gasteiger partial charge is 0.303 e. The summed E-state index contributed by atoms with van der Waals surface area (Å²) in [7, 11) is 0. The zero-order valence-corrected chi connectivity index (χ0v) is 20.5. The molecule has 3 aromatic heterocycles. The summed E-state index contributed by atoms with van der Waals surface area (Å²) in [4.78, 5) is 7.39. The highest BCUT2D eigenvalue weighted by molar-refractivity contribution is 5.61. The Morgan fingerprint density at radius 2 is 1.79 bits per heavy atom. The molecule has 0 spiro atoms. The molecular formula is C28H36N6. The summed E-state index contributed by atoms with van der Waals surface area (Å²) in [6.07, 6.45) is 11.1. The molecule has 0 bridgehead atoms. The van der Waals surface area contributed by atoms with Crippen molar-refractivity contribution < 1.29 is 0 Å². The van der Waals surface area contributed by atoms with Crippen LogP contribution in [0.2, 0.25) is 0 Å². The van der Waals surface area contributed by atoms with Gasteiger partial charge in [0, 0.05) is 24.7 Å². The highest BCUT2D eigenvalue weighted by Crippen LogP contribution is 2.21. The SMILES string of the molecule is CC[C@H](C)Cn1cc(-c2cccc3nc(Cc4ccc(CCCN5CCCC5)cc4)nn23)cn1. The van der Waals surface area contributed by atoms with Gasteiger partial charge in [-0.3, -0.25) is 4.68 Å². The second kappa shape index (κ2) is 10.5. The highest BCUT2D eigenvalue weighted by Gasteiger charge is 2.13. The van der Waals surface area contributed by atoms with Gasteiger partial charge in [0.1, 0.15) is 0 Å². The van der Waals surface area contributed by atoms with Crippen molar-refractivity contribution in [2.24, 2.45) is 5.92 Å². The third-order valence-electron chi connectivity index (χ3n) is 7.05. The molecule has 5 rings (SSSR count). The summed E-state index contributed by atoms with van der Waals surface area (Å²) in [6, 6.07) is 15.2. The minimum absolute atomic E-state index is 0.609. The van der Waals surface area contributed by atoms with Gasteiger partial charge in [0.15, 0.2) is 11.5 Å². The maximum atomic E-state index is 4.85. The van der Waals surface area contributed by atoms with Crippen molar-refractivity contribution >= 4 is 5.65 Å². The Morgan fingerprint density at radius 1 is 1.00 bits per heavy atom. The number of hydrogen-bond donors (Lipinski definition) is 0. The second-order valence-electron chi connectivity index (χ2n) is 9.82. The molecule has 4 aromatic rings. The van der Waals surface area contributed by atoms with Crippen molar-refractivity contribution in [3.05, 3.63) is 71.8 Å². The number of aromatic nitrogens is 5. The van der Waals surface area contributed by atoms with E-state index < -0.39 is 0 Å². The van der Waals surface area contributed by atoms with Crippen molar-refractivity contribution in [2.45, 2.75) is 58.9 Å². The molecule has 0 aliphatic carbocycles. The third-order valence-corrected chi connectivity index (χ3v) is 7.05. The van der Waals surface area contributed by atoms with Gasteiger partial charge in [0.2, 0.25) is 0 Å². The van der Waals surface area contributed by atoms with E-state index in [1.54, 1.807) is 0 Å². The van der Waals surface area contributed by atoms with Crippen LogP contribution in [-0.4, -0.2) is 48.9 Å². The first-order valence-corrected chi connectivity index (χ1v) is 12.9. The molecule has 0 radical (unpaired) electrons. The Hall–Kier alpha value is -2.99. The topological polar surface area (TPSA) is 51.2 Å². The van der Waals surface area contributed by atoms with E-state index in [0.29, 0.717) is 5.92 Å². The van der Waals surface area contributed by atoms with Gasteiger partial charge in [0.05, 0.1) is 11.9 Å². The van der Waals surface area contributed by atoms with E-state index in [-0.39, 0.29) is 0 Å². The van der Waals surface area contributed by atoms with Crippen LogP contribution in [0.3, 0.4) is 0 Å². The maximum absolute atomic E-state index is 4.85. The van der Waals surface area contributed by atoms with E-state index in [4.69, 9.17) is 10.1 Å². The van der Waals surface area contributed by atoms with Gasteiger partial charge in [0.25, 0.3) is 0 Å². The fourth-order valence-electron chi connectivity index (χ4n) is 4.81. The summed E-state index contributed by atoms with van der Waals surface area (Å²) < 4.78 is 3.99. The average molecular weight is 457 g/mol. The van der Waals surface area contributed by atoms with E-state index in [9.17, 15) is 0 Å². The van der Waals surface area contributed by atoms with Crippen LogP contribution in [-0.2, 0) is 19.4 Å². The Kier molecular flexibility index (Phi) is 7.05. The first kappa shape index (κ1) is 22.8. The number of benzene rings is 1. The lowest BCUT2D eigenvalue weighted by atomic mass is 10.1. The van der Waals surface area contributed by atoms with Gasteiger partial charge in [-0.1, -0.05) is 50.6 Å². The Labute approximate surface area is 202 Å². The molecular weight excluding hydrogens is 420 g/mol. The van der Waals surface area contributed by atoms with Gasteiger partial charge in [-0.2, -0.15) is 10.2 Å². The summed E-state index contributed by atoms with van der Waals surface area (Å²) in [5.74, 6) is 1.46. The molecule has 6 nitrogen and oxygen atoms in total. The minimum atomic E-state index is 0.609. The van der Waals surface area contributed by atoms with Gasteiger partial charge < -0.3 is 4.90 Å². The number of rotatable bonds is 10. The molecule has 1 fully saturated rings. The van der Waals surface area contributed by atoms with Crippen molar-refractivity contribution in [2.75, 3.05) is 19.6 Å². The molecule has 1 aromatic carbocycles. The van der Waals surface area contributed by atoms with Crippen LogP contribution < -0.4 is 0 Å². The van der Waals surface area contributed by atoms with Crippen LogP contribution in [0.25, 0.3) is 16.9 Å². The van der Waals surface area contributed by atoms with Gasteiger partial charge in [-0.25, -0.2) is 9.50 Å². The van der Waals surface area contributed by atoms with Crippen molar-refractivity contribution in [1.29, 1.82) is 0 Å². The normalized spacial score (nSPS) is 15.4. The zero-order valence-electron chi connectivity index (χ0n) is 20.5. The van der Waals surface area contributed by atoms with Crippen LogP contribution in [0.5, 0.6) is 0 Å². The maximum Gasteiger partial charge on any atom is 0.156 e.